The molecule has 0 radical (unpaired) electrons. The molecule has 0 heterocycles. The quantitative estimate of drug-likeness (QED) is 0.386. The standard InChI is InChI=1S/C25H18O4/c1-16(26)18-12-20(27)15-21(13-18)29-25(28)24-14-19(11-17-7-3-2-4-8-17)22-9-5-6-10-23(22)24/h2-15,27H,1H3/b19-11+. The van der Waals surface area contributed by atoms with Crippen LogP contribution in [0.1, 0.15) is 34.0 Å². The molecule has 4 heteroatoms. The second kappa shape index (κ2) is 7.60. The van der Waals surface area contributed by atoms with Gasteiger partial charge in [0, 0.05) is 11.6 Å². The smallest absolute Gasteiger partial charge is 0.344 e. The Hall–Kier alpha value is -3.92. The molecule has 0 aromatic heterocycles. The number of carbonyl (C=O) groups is 2. The Kier molecular flexibility index (Phi) is 4.83. The van der Waals surface area contributed by atoms with Crippen molar-refractivity contribution in [3.63, 3.8) is 0 Å². The van der Waals surface area contributed by atoms with Crippen molar-refractivity contribution in [1.29, 1.82) is 0 Å². The van der Waals surface area contributed by atoms with E-state index in [4.69, 9.17) is 4.74 Å². The Morgan fingerprint density at radius 3 is 2.31 bits per heavy atom. The number of phenolic OH excluding ortho intramolecular Hbond substituents is 1. The summed E-state index contributed by atoms with van der Waals surface area (Å²) < 4.78 is 5.48. The Labute approximate surface area is 168 Å². The minimum Gasteiger partial charge on any atom is -0.508 e. The average Bonchev–Trinajstić information content (AvgIpc) is 3.07. The van der Waals surface area contributed by atoms with Gasteiger partial charge in [-0.15, -0.1) is 0 Å². The first-order valence-electron chi connectivity index (χ1n) is 9.16. The van der Waals surface area contributed by atoms with Crippen molar-refractivity contribution in [2.75, 3.05) is 0 Å². The maximum Gasteiger partial charge on any atom is 0.344 e. The van der Waals surface area contributed by atoms with Crippen LogP contribution in [0.25, 0.3) is 17.2 Å². The number of ketones is 1. The Morgan fingerprint density at radius 2 is 1.59 bits per heavy atom. The molecule has 0 bridgehead atoms. The SMILES string of the molecule is CC(=O)c1cc(O)cc(OC(=O)C2=C/C(=C\c3ccccc3)c3ccccc32)c1. The minimum atomic E-state index is -0.547. The fourth-order valence-corrected chi connectivity index (χ4v) is 3.31. The van der Waals surface area contributed by atoms with Gasteiger partial charge in [-0.2, -0.15) is 0 Å². The van der Waals surface area contributed by atoms with Gasteiger partial charge in [0.1, 0.15) is 11.5 Å². The third kappa shape index (κ3) is 3.87. The first-order valence-corrected chi connectivity index (χ1v) is 9.16. The third-order valence-electron chi connectivity index (χ3n) is 4.68. The number of benzene rings is 3. The zero-order valence-electron chi connectivity index (χ0n) is 15.8. The number of aromatic hydroxyl groups is 1. The predicted molar refractivity (Wildman–Crippen MR) is 112 cm³/mol. The van der Waals surface area contributed by atoms with Crippen LogP contribution in [-0.2, 0) is 4.79 Å². The van der Waals surface area contributed by atoms with Gasteiger partial charge in [0.2, 0.25) is 0 Å². The molecule has 0 atom stereocenters. The van der Waals surface area contributed by atoms with Crippen molar-refractivity contribution in [1.82, 2.24) is 0 Å². The van der Waals surface area contributed by atoms with E-state index in [0.717, 1.165) is 22.3 Å². The summed E-state index contributed by atoms with van der Waals surface area (Å²) in [5.74, 6) is -0.782. The average molecular weight is 382 g/mol. The van der Waals surface area contributed by atoms with E-state index in [-0.39, 0.29) is 22.8 Å². The summed E-state index contributed by atoms with van der Waals surface area (Å²) in [6.07, 6.45) is 3.82. The zero-order valence-corrected chi connectivity index (χ0v) is 15.8. The Morgan fingerprint density at radius 1 is 0.897 bits per heavy atom. The van der Waals surface area contributed by atoms with Crippen molar-refractivity contribution in [2.24, 2.45) is 0 Å². The lowest BCUT2D eigenvalue weighted by atomic mass is 10.0. The van der Waals surface area contributed by atoms with Gasteiger partial charge in [0.15, 0.2) is 5.78 Å². The maximum atomic E-state index is 12.9. The van der Waals surface area contributed by atoms with Crippen LogP contribution < -0.4 is 4.74 Å². The van der Waals surface area contributed by atoms with E-state index in [1.807, 2.05) is 60.7 Å². The van der Waals surface area contributed by atoms with E-state index in [1.54, 1.807) is 6.08 Å². The minimum absolute atomic E-state index is 0.124. The number of phenols is 1. The lowest BCUT2D eigenvalue weighted by Gasteiger charge is -2.08. The highest BCUT2D eigenvalue weighted by Gasteiger charge is 2.25. The van der Waals surface area contributed by atoms with Gasteiger partial charge in [0.05, 0.1) is 5.57 Å². The second-order valence-corrected chi connectivity index (χ2v) is 6.78. The molecule has 4 nitrogen and oxygen atoms in total. The summed E-state index contributed by atoms with van der Waals surface area (Å²) in [4.78, 5) is 24.5. The number of carbonyl (C=O) groups excluding carboxylic acids is 2. The molecule has 1 aliphatic rings. The number of fused-ring (bicyclic) bond motifs is 1. The van der Waals surface area contributed by atoms with Gasteiger partial charge in [-0.25, -0.2) is 4.79 Å². The van der Waals surface area contributed by atoms with Crippen LogP contribution >= 0.6 is 0 Å². The summed E-state index contributed by atoms with van der Waals surface area (Å²) in [5, 5.41) is 9.82. The van der Waals surface area contributed by atoms with E-state index >= 15 is 0 Å². The molecule has 0 spiro atoms. The molecule has 3 aromatic rings. The van der Waals surface area contributed by atoms with Gasteiger partial charge in [0.25, 0.3) is 0 Å². The van der Waals surface area contributed by atoms with Gasteiger partial charge >= 0.3 is 5.97 Å². The van der Waals surface area contributed by atoms with Crippen LogP contribution in [-0.4, -0.2) is 16.9 Å². The lowest BCUT2D eigenvalue weighted by molar-refractivity contribution is -0.127. The monoisotopic (exact) mass is 382 g/mol. The largest absolute Gasteiger partial charge is 0.508 e. The summed E-state index contributed by atoms with van der Waals surface area (Å²) in [6, 6.07) is 21.6. The van der Waals surface area contributed by atoms with Crippen molar-refractivity contribution >= 4 is 29.0 Å². The van der Waals surface area contributed by atoms with Crippen molar-refractivity contribution in [3.8, 4) is 11.5 Å². The summed E-state index contributed by atoms with van der Waals surface area (Å²) in [6.45, 7) is 1.39. The van der Waals surface area contributed by atoms with Crippen molar-refractivity contribution in [3.05, 3.63) is 101 Å². The van der Waals surface area contributed by atoms with Crippen LogP contribution in [0.3, 0.4) is 0 Å². The van der Waals surface area contributed by atoms with E-state index in [2.05, 4.69) is 0 Å². The molecule has 3 aromatic carbocycles. The summed E-state index contributed by atoms with van der Waals surface area (Å²) >= 11 is 0. The van der Waals surface area contributed by atoms with Crippen LogP contribution in [0.15, 0.2) is 78.9 Å². The highest BCUT2D eigenvalue weighted by Crippen LogP contribution is 2.37. The topological polar surface area (TPSA) is 63.6 Å². The molecular weight excluding hydrogens is 364 g/mol. The van der Waals surface area contributed by atoms with Gasteiger partial charge < -0.3 is 9.84 Å². The highest BCUT2D eigenvalue weighted by molar-refractivity contribution is 6.24. The van der Waals surface area contributed by atoms with E-state index < -0.39 is 5.97 Å². The first kappa shape index (κ1) is 18.4. The lowest BCUT2D eigenvalue weighted by Crippen LogP contribution is -2.10. The summed E-state index contributed by atoms with van der Waals surface area (Å²) in [5.41, 5.74) is 4.38. The first-order chi connectivity index (χ1) is 14.0. The van der Waals surface area contributed by atoms with Crippen LogP contribution in [0.4, 0.5) is 0 Å². The third-order valence-corrected chi connectivity index (χ3v) is 4.68. The van der Waals surface area contributed by atoms with Crippen LogP contribution in [0.5, 0.6) is 11.5 Å². The Balaban J connectivity index is 1.69. The molecule has 0 saturated heterocycles. The van der Waals surface area contributed by atoms with Crippen molar-refractivity contribution < 1.29 is 19.4 Å². The van der Waals surface area contributed by atoms with Crippen LogP contribution in [0, 0.1) is 0 Å². The predicted octanol–water partition coefficient (Wildman–Crippen LogP) is 5.14. The van der Waals surface area contributed by atoms with Gasteiger partial charge in [-0.3, -0.25) is 4.79 Å². The zero-order chi connectivity index (χ0) is 20.4. The van der Waals surface area contributed by atoms with Gasteiger partial charge in [-0.1, -0.05) is 54.6 Å². The fourth-order valence-electron chi connectivity index (χ4n) is 3.31. The van der Waals surface area contributed by atoms with Gasteiger partial charge in [-0.05, 0) is 53.5 Å². The number of Topliss-reactive ketones (excluding diaryl/α,β-unsaturated/α-hetero) is 1. The van der Waals surface area contributed by atoms with Crippen molar-refractivity contribution in [2.45, 2.75) is 6.92 Å². The fraction of sp³-hybridized carbons (Fsp3) is 0.0400. The second-order valence-electron chi connectivity index (χ2n) is 6.78. The maximum absolute atomic E-state index is 12.9. The van der Waals surface area contributed by atoms with Crippen LogP contribution in [0.2, 0.25) is 0 Å². The molecule has 0 amide bonds. The summed E-state index contributed by atoms with van der Waals surface area (Å²) in [7, 11) is 0. The molecule has 0 aliphatic heterocycles. The molecular formula is C25H18O4. The Bertz CT molecular complexity index is 1170. The number of ether oxygens (including phenoxy) is 1. The number of hydrogen-bond donors (Lipinski definition) is 1. The molecule has 1 aliphatic carbocycles. The molecule has 0 saturated carbocycles. The molecule has 0 unspecified atom stereocenters. The molecule has 1 N–H and O–H groups in total. The number of esters is 1. The number of hydrogen-bond acceptors (Lipinski definition) is 4. The molecule has 0 fully saturated rings. The number of allylic oxidation sites excluding steroid dienone is 2. The molecule has 4 rings (SSSR count). The van der Waals surface area contributed by atoms with E-state index in [1.165, 1.54) is 25.1 Å². The molecule has 142 valence electrons. The highest BCUT2D eigenvalue weighted by atomic mass is 16.5. The molecule has 29 heavy (non-hydrogen) atoms. The van der Waals surface area contributed by atoms with E-state index in [0.29, 0.717) is 5.57 Å². The van der Waals surface area contributed by atoms with E-state index in [9.17, 15) is 14.7 Å². The normalized spacial score (nSPS) is 13.7. The number of rotatable bonds is 4.